The van der Waals surface area contributed by atoms with Crippen LogP contribution in [-0.4, -0.2) is 0 Å². The fraction of sp³-hybridized carbons (Fsp3) is 0.429. The van der Waals surface area contributed by atoms with Crippen LogP contribution in [0, 0.1) is 17.6 Å². The molecular weight excluding hydrogens is 216 g/mol. The van der Waals surface area contributed by atoms with Crippen LogP contribution < -0.4 is 0 Å². The Kier molecular flexibility index (Phi) is 6.88. The summed E-state index contributed by atoms with van der Waals surface area (Å²) in [6.07, 6.45) is 18.6. The van der Waals surface area contributed by atoms with E-state index in [0.29, 0.717) is 5.41 Å². The summed E-state index contributed by atoms with van der Waals surface area (Å²) in [5, 5.41) is 0. The zero-order valence-corrected chi connectivity index (χ0v) is 11.4. The van der Waals surface area contributed by atoms with Gasteiger partial charge in [0.05, 0.1) is 0 Å². The van der Waals surface area contributed by atoms with Gasteiger partial charge in [-0.15, -0.1) is 12.8 Å². The van der Waals surface area contributed by atoms with E-state index in [2.05, 4.69) is 51.2 Å². The molecule has 0 nitrogen and oxygen atoms in total. The predicted octanol–water partition coefficient (Wildman–Crippen LogP) is 4.25. The smallest absolute Gasteiger partial charge is 1.00 e. The summed E-state index contributed by atoms with van der Waals surface area (Å²) >= 11 is 0. The first-order valence-electron chi connectivity index (χ1n) is 5.10. The maximum absolute atomic E-state index is 3.30. The molecule has 0 aromatic heterocycles. The number of rotatable bonds is 0. The summed E-state index contributed by atoms with van der Waals surface area (Å²) in [5.74, 6) is 0. The van der Waals surface area contributed by atoms with Gasteiger partial charge in [0.15, 0.2) is 0 Å². The zero-order chi connectivity index (χ0) is 10.4. The van der Waals surface area contributed by atoms with Crippen LogP contribution in [0.15, 0.2) is 36.0 Å². The molecule has 15 heavy (non-hydrogen) atoms. The van der Waals surface area contributed by atoms with Gasteiger partial charge in [0, 0.05) is 0 Å². The molecule has 0 fully saturated rings. The second-order valence-corrected chi connectivity index (χ2v) is 4.45. The van der Waals surface area contributed by atoms with E-state index >= 15 is 0 Å². The Balaban J connectivity index is -0.000000216. The average Bonchev–Trinajstić information content (AvgIpc) is 2.80. The molecule has 0 atom stereocenters. The van der Waals surface area contributed by atoms with E-state index in [4.69, 9.17) is 0 Å². The Bertz CT molecular complexity index is 284. The van der Waals surface area contributed by atoms with Crippen LogP contribution in [0.25, 0.3) is 0 Å². The maximum Gasteiger partial charge on any atom is 2.00 e. The monoisotopic (exact) mass is 236 g/mol. The van der Waals surface area contributed by atoms with Crippen molar-refractivity contribution in [3.63, 3.8) is 0 Å². The third-order valence-electron chi connectivity index (χ3n) is 2.09. The van der Waals surface area contributed by atoms with Crippen LogP contribution in [0.3, 0.4) is 0 Å². The number of allylic oxidation sites excluding steroid dienone is 8. The topological polar surface area (TPSA) is 0 Å². The molecule has 0 spiro atoms. The first-order valence-corrected chi connectivity index (χ1v) is 5.10. The summed E-state index contributed by atoms with van der Waals surface area (Å²) in [6.45, 7) is 6.64. The van der Waals surface area contributed by atoms with Crippen LogP contribution in [0.4, 0.5) is 0 Å². The minimum atomic E-state index is 0. The van der Waals surface area contributed by atoms with E-state index in [-0.39, 0.29) is 24.6 Å². The van der Waals surface area contributed by atoms with E-state index in [1.165, 1.54) is 5.57 Å². The van der Waals surface area contributed by atoms with E-state index in [0.717, 1.165) is 12.8 Å². The second kappa shape index (κ2) is 7.03. The number of hydrogen-bond acceptors (Lipinski definition) is 0. The third-order valence-corrected chi connectivity index (χ3v) is 2.09. The van der Waals surface area contributed by atoms with E-state index in [9.17, 15) is 0 Å². The molecule has 0 N–H and O–H groups in total. The van der Waals surface area contributed by atoms with Crippen molar-refractivity contribution in [1.29, 1.82) is 0 Å². The molecule has 0 aromatic rings. The fourth-order valence-corrected chi connectivity index (χ4v) is 1.26. The Morgan fingerprint density at radius 2 is 1.93 bits per heavy atom. The van der Waals surface area contributed by atoms with Gasteiger partial charge < -0.3 is 2.85 Å². The van der Waals surface area contributed by atoms with Crippen molar-refractivity contribution in [2.45, 2.75) is 33.6 Å². The molecule has 2 aliphatic carbocycles. The van der Waals surface area contributed by atoms with Gasteiger partial charge in [-0.2, -0.15) is 12.2 Å². The van der Waals surface area contributed by atoms with Crippen molar-refractivity contribution in [2.75, 3.05) is 0 Å². The average molecular weight is 236 g/mol. The fourth-order valence-electron chi connectivity index (χ4n) is 1.26. The largest absolute Gasteiger partial charge is 2.00 e. The quantitative estimate of drug-likeness (QED) is 0.435. The minimum Gasteiger partial charge on any atom is -1.00 e. The molecule has 0 amide bonds. The molecule has 0 aliphatic heterocycles. The van der Waals surface area contributed by atoms with Crippen LogP contribution in [-0.2, 0) is 21.7 Å². The molecule has 0 bridgehead atoms. The van der Waals surface area contributed by atoms with Gasteiger partial charge in [-0.25, -0.2) is 23.8 Å². The van der Waals surface area contributed by atoms with Crippen molar-refractivity contribution < 1.29 is 24.6 Å². The molecule has 0 saturated carbocycles. The Labute approximate surface area is 112 Å². The Hall–Kier alpha value is -0.326. The molecule has 0 unspecified atom stereocenters. The van der Waals surface area contributed by atoms with Crippen molar-refractivity contribution in [3.05, 3.63) is 48.1 Å². The predicted molar refractivity (Wildman–Crippen MR) is 63.8 cm³/mol. The second-order valence-electron chi connectivity index (χ2n) is 4.45. The van der Waals surface area contributed by atoms with Crippen LogP contribution >= 0.6 is 0 Å². The van der Waals surface area contributed by atoms with Gasteiger partial charge in [0.1, 0.15) is 0 Å². The summed E-state index contributed by atoms with van der Waals surface area (Å²) in [7, 11) is 0. The summed E-state index contributed by atoms with van der Waals surface area (Å²) < 4.78 is 0. The molecular formula is C14H20Ti-2. The van der Waals surface area contributed by atoms with Crippen molar-refractivity contribution >= 4 is 0 Å². The molecule has 0 heterocycles. The molecule has 0 saturated heterocycles. The van der Waals surface area contributed by atoms with Gasteiger partial charge in [-0.3, -0.25) is 12.2 Å². The van der Waals surface area contributed by atoms with Crippen LogP contribution in [0.1, 0.15) is 36.5 Å². The summed E-state index contributed by atoms with van der Waals surface area (Å²) in [4.78, 5) is 0. The van der Waals surface area contributed by atoms with Gasteiger partial charge in [0.2, 0.25) is 0 Å². The minimum absolute atomic E-state index is 0. The van der Waals surface area contributed by atoms with Gasteiger partial charge in [-0.05, 0) is 5.41 Å². The van der Waals surface area contributed by atoms with Crippen molar-refractivity contribution in [1.82, 2.24) is 0 Å². The van der Waals surface area contributed by atoms with E-state index < -0.39 is 0 Å². The third kappa shape index (κ3) is 5.97. The van der Waals surface area contributed by atoms with Crippen LogP contribution in [0.5, 0.6) is 0 Å². The van der Waals surface area contributed by atoms with Crippen LogP contribution in [0.2, 0.25) is 0 Å². The molecule has 1 heteroatoms. The standard InChI is InChI=1S/C9H13.C5H5.Ti.2H/c1-9(2,3)8-6-4-5-7-8;1-2-4-5-3-1;;;/h4,6H,5H2,1-3H3;1-3H,4H2;;;/q2*-1;+2;2*-1. The van der Waals surface area contributed by atoms with E-state index in [1.54, 1.807) is 0 Å². The van der Waals surface area contributed by atoms with Crippen molar-refractivity contribution in [3.8, 4) is 0 Å². The first kappa shape index (κ1) is 14.7. The zero-order valence-electron chi connectivity index (χ0n) is 11.8. The first-order chi connectivity index (χ1) is 6.61. The van der Waals surface area contributed by atoms with Gasteiger partial charge in [-0.1, -0.05) is 20.8 Å². The molecule has 2 rings (SSSR count). The van der Waals surface area contributed by atoms with E-state index in [1.807, 2.05) is 12.2 Å². The Morgan fingerprint density at radius 3 is 2.13 bits per heavy atom. The SMILES string of the molecule is CC(C)(C)C1=[C-]CC=C1.[C-]1=CC=CC1.[H-].[H-].[Ti+2]. The Morgan fingerprint density at radius 1 is 1.20 bits per heavy atom. The maximum atomic E-state index is 3.30. The van der Waals surface area contributed by atoms with Crippen molar-refractivity contribution in [2.24, 2.45) is 5.41 Å². The van der Waals surface area contributed by atoms with Gasteiger partial charge in [0.25, 0.3) is 0 Å². The molecule has 82 valence electrons. The molecule has 2 aliphatic rings. The summed E-state index contributed by atoms with van der Waals surface area (Å²) in [6, 6.07) is 0. The normalized spacial score (nSPS) is 16.9. The summed E-state index contributed by atoms with van der Waals surface area (Å²) in [5.41, 5.74) is 1.65. The molecule has 0 radical (unpaired) electrons. The molecule has 0 aromatic carbocycles. The number of hydrogen-bond donors (Lipinski definition) is 0. The van der Waals surface area contributed by atoms with Gasteiger partial charge >= 0.3 is 21.7 Å².